The van der Waals surface area contributed by atoms with E-state index < -0.39 is 5.92 Å². The van der Waals surface area contributed by atoms with Gasteiger partial charge < -0.3 is 5.73 Å². The minimum absolute atomic E-state index is 0.0330. The summed E-state index contributed by atoms with van der Waals surface area (Å²) >= 11 is 9.95. The monoisotopic (exact) mass is 487 g/mol. The van der Waals surface area contributed by atoms with Gasteiger partial charge in [-0.2, -0.15) is 5.26 Å². The molecule has 2 heterocycles. The molecule has 6 nitrogen and oxygen atoms in total. The number of carbonyl (C=O) groups is 1. The number of hydrogen-bond acceptors (Lipinski definition) is 7. The number of anilines is 1. The summed E-state index contributed by atoms with van der Waals surface area (Å²) in [5.41, 5.74) is 8.92. The predicted octanol–water partition coefficient (Wildman–Crippen LogP) is 4.90. The van der Waals surface area contributed by atoms with E-state index in [4.69, 9.17) is 18.0 Å². The number of H-pyrrole nitrogens is 1. The van der Waals surface area contributed by atoms with Crippen LogP contribution in [0, 0.1) is 20.7 Å². The molecule has 2 aliphatic rings. The quantitative estimate of drug-likeness (QED) is 0.584. The fourth-order valence-electron chi connectivity index (χ4n) is 4.06. The lowest BCUT2D eigenvalue weighted by molar-refractivity contribution is -0.118. The van der Waals surface area contributed by atoms with E-state index >= 15 is 0 Å². The highest BCUT2D eigenvalue weighted by Crippen LogP contribution is 2.50. The minimum atomic E-state index is -0.501. The van der Waals surface area contributed by atoms with Crippen LogP contribution in [-0.4, -0.2) is 16.0 Å². The first-order chi connectivity index (χ1) is 13.7. The number of benzene rings is 1. The maximum absolute atomic E-state index is 13.3. The molecular formula is C20H18BrN5OS2. The fourth-order valence-corrected chi connectivity index (χ4v) is 5.40. The van der Waals surface area contributed by atoms with Gasteiger partial charge in [-0.25, -0.2) is 0 Å². The van der Waals surface area contributed by atoms with E-state index in [9.17, 15) is 10.1 Å². The van der Waals surface area contributed by atoms with Gasteiger partial charge in [-0.3, -0.25) is 14.8 Å². The van der Waals surface area contributed by atoms with Crippen LogP contribution in [0.1, 0.15) is 38.2 Å². The van der Waals surface area contributed by atoms with Crippen LogP contribution in [0.5, 0.6) is 0 Å². The Balaban J connectivity index is 2.02. The van der Waals surface area contributed by atoms with Crippen molar-refractivity contribution >= 4 is 50.4 Å². The molecule has 0 radical (unpaired) electrons. The van der Waals surface area contributed by atoms with Crippen LogP contribution in [-0.2, 0) is 4.79 Å². The number of nitrogens with zero attached hydrogens (tertiary/aromatic N) is 3. The first-order valence-corrected chi connectivity index (χ1v) is 11.0. The number of hydrogen-bond donors (Lipinski definition) is 2. The average molecular weight is 488 g/mol. The van der Waals surface area contributed by atoms with Gasteiger partial charge in [0.2, 0.25) is 5.13 Å². The minimum Gasteiger partial charge on any atom is -0.384 e. The van der Waals surface area contributed by atoms with Crippen LogP contribution in [0.15, 0.2) is 51.4 Å². The Morgan fingerprint density at radius 3 is 2.83 bits per heavy atom. The lowest BCUT2D eigenvalue weighted by atomic mass is 9.69. The Labute approximate surface area is 185 Å². The predicted molar refractivity (Wildman–Crippen MR) is 119 cm³/mol. The molecule has 1 aromatic heterocycles. The molecule has 0 spiro atoms. The summed E-state index contributed by atoms with van der Waals surface area (Å²) in [6.45, 7) is 4.13. The fraction of sp³-hybridized carbons (Fsp3) is 0.300. The highest BCUT2D eigenvalue weighted by atomic mass is 79.9. The average Bonchev–Trinajstić information content (AvgIpc) is 3.05. The SMILES string of the molecule is CC1(C)CC(=O)C2=C(C1)N(c1n[nH]c(=S)s1)C(N)=C(C#N)C2c1cccc(Br)c1. The molecule has 1 unspecified atom stereocenters. The summed E-state index contributed by atoms with van der Waals surface area (Å²) in [6.07, 6.45) is 1.06. The van der Waals surface area contributed by atoms with Crippen molar-refractivity contribution in [1.29, 1.82) is 5.26 Å². The van der Waals surface area contributed by atoms with Crippen molar-refractivity contribution in [2.45, 2.75) is 32.6 Å². The summed E-state index contributed by atoms with van der Waals surface area (Å²) in [7, 11) is 0. The molecular weight excluding hydrogens is 470 g/mol. The second-order valence-corrected chi connectivity index (χ2v) is 10.5. The first-order valence-electron chi connectivity index (χ1n) is 8.99. The molecule has 1 atom stereocenters. The van der Waals surface area contributed by atoms with Gasteiger partial charge in [-0.1, -0.05) is 53.2 Å². The Kier molecular flexibility index (Phi) is 4.97. The van der Waals surface area contributed by atoms with Gasteiger partial charge in [0, 0.05) is 22.2 Å². The summed E-state index contributed by atoms with van der Waals surface area (Å²) in [6, 6.07) is 9.92. The Morgan fingerprint density at radius 1 is 1.45 bits per heavy atom. The van der Waals surface area contributed by atoms with E-state index in [1.165, 1.54) is 11.3 Å². The molecule has 0 bridgehead atoms. The van der Waals surface area contributed by atoms with Crippen LogP contribution >= 0.6 is 39.5 Å². The van der Waals surface area contributed by atoms with Crippen LogP contribution in [0.4, 0.5) is 5.13 Å². The molecule has 1 aromatic carbocycles. The second-order valence-electron chi connectivity index (χ2n) is 7.93. The van der Waals surface area contributed by atoms with Gasteiger partial charge in [0.25, 0.3) is 0 Å². The van der Waals surface area contributed by atoms with Crippen molar-refractivity contribution in [3.63, 3.8) is 0 Å². The lowest BCUT2D eigenvalue weighted by Gasteiger charge is -2.42. The largest absolute Gasteiger partial charge is 0.384 e. The van der Waals surface area contributed by atoms with Gasteiger partial charge >= 0.3 is 0 Å². The van der Waals surface area contributed by atoms with Crippen molar-refractivity contribution in [2.24, 2.45) is 11.1 Å². The second kappa shape index (κ2) is 7.20. The number of rotatable bonds is 2. The maximum Gasteiger partial charge on any atom is 0.216 e. The van der Waals surface area contributed by atoms with Gasteiger partial charge in [0.1, 0.15) is 5.82 Å². The van der Waals surface area contributed by atoms with Crippen molar-refractivity contribution in [2.75, 3.05) is 4.90 Å². The van der Waals surface area contributed by atoms with Crippen molar-refractivity contribution in [1.82, 2.24) is 10.2 Å². The lowest BCUT2D eigenvalue weighted by Crippen LogP contribution is -2.42. The molecule has 4 rings (SSSR count). The number of allylic oxidation sites excluding steroid dienone is 3. The topological polar surface area (TPSA) is 98.8 Å². The Bertz CT molecular complexity index is 1180. The molecule has 148 valence electrons. The van der Waals surface area contributed by atoms with Gasteiger partial charge in [-0.15, -0.1) is 5.10 Å². The highest BCUT2D eigenvalue weighted by Gasteiger charge is 2.45. The van der Waals surface area contributed by atoms with E-state index in [1.54, 1.807) is 4.90 Å². The molecule has 0 saturated carbocycles. The van der Waals surface area contributed by atoms with E-state index in [1.807, 2.05) is 24.3 Å². The summed E-state index contributed by atoms with van der Waals surface area (Å²) in [5, 5.41) is 17.6. The number of ketones is 1. The summed E-state index contributed by atoms with van der Waals surface area (Å²) < 4.78 is 1.38. The smallest absolute Gasteiger partial charge is 0.216 e. The zero-order valence-electron chi connectivity index (χ0n) is 15.8. The number of nitrogens with two attached hydrogens (primary N) is 1. The van der Waals surface area contributed by atoms with Crippen molar-refractivity contribution < 1.29 is 4.79 Å². The van der Waals surface area contributed by atoms with Crippen LogP contribution in [0.25, 0.3) is 0 Å². The molecule has 0 saturated heterocycles. The van der Waals surface area contributed by atoms with Gasteiger partial charge in [-0.05, 0) is 41.7 Å². The van der Waals surface area contributed by atoms with Crippen molar-refractivity contribution in [3.05, 3.63) is 60.9 Å². The molecule has 0 amide bonds. The molecule has 2 aromatic rings. The standard InChI is InChI=1S/C20H18BrN5OS2/c1-20(2)7-13-16(14(27)8-20)15(10-4-3-5-11(21)6-10)12(9-22)17(23)26(13)18-24-25-19(28)29-18/h3-6,15H,7-8,23H2,1-2H3,(H,25,28). The number of halogens is 1. The third-order valence-corrected chi connectivity index (χ3v) is 6.75. The third-order valence-electron chi connectivity index (χ3n) is 5.18. The number of nitrogens with one attached hydrogen (secondary N) is 1. The molecule has 29 heavy (non-hydrogen) atoms. The third kappa shape index (κ3) is 3.45. The van der Waals surface area contributed by atoms with E-state index in [0.717, 1.165) is 15.7 Å². The van der Waals surface area contributed by atoms with Crippen LogP contribution < -0.4 is 10.6 Å². The zero-order chi connectivity index (χ0) is 20.9. The maximum atomic E-state index is 13.3. The normalized spacial score (nSPS) is 21.2. The Hall–Kier alpha value is -2.28. The zero-order valence-corrected chi connectivity index (χ0v) is 19.0. The number of aromatic nitrogens is 2. The van der Waals surface area contributed by atoms with Crippen LogP contribution in [0.3, 0.4) is 0 Å². The first kappa shape index (κ1) is 20.0. The number of nitriles is 1. The van der Waals surface area contributed by atoms with Crippen molar-refractivity contribution in [3.8, 4) is 6.07 Å². The molecule has 0 fully saturated rings. The molecule has 1 aliphatic heterocycles. The van der Waals surface area contributed by atoms with E-state index in [2.05, 4.69) is 46.0 Å². The number of Topliss-reactive ketones (excluding diaryl/α,β-unsaturated/α-hetero) is 1. The van der Waals surface area contributed by atoms with Gasteiger partial charge in [0.05, 0.1) is 17.6 Å². The molecule has 1 aliphatic carbocycles. The number of carbonyl (C=O) groups excluding carboxylic acids is 1. The summed E-state index contributed by atoms with van der Waals surface area (Å²) in [4.78, 5) is 15.1. The summed E-state index contributed by atoms with van der Waals surface area (Å²) in [5.74, 6) is -0.177. The van der Waals surface area contributed by atoms with E-state index in [-0.39, 0.29) is 11.2 Å². The molecule has 3 N–H and O–H groups in total. The highest BCUT2D eigenvalue weighted by molar-refractivity contribution is 9.10. The molecule has 9 heteroatoms. The van der Waals surface area contributed by atoms with Crippen LogP contribution in [0.2, 0.25) is 0 Å². The van der Waals surface area contributed by atoms with Gasteiger partial charge in [0.15, 0.2) is 9.74 Å². The Morgan fingerprint density at radius 2 is 2.21 bits per heavy atom. The van der Waals surface area contributed by atoms with E-state index in [0.29, 0.717) is 38.9 Å². The number of aromatic amines is 1.